The largest absolute Gasteiger partial charge is 0.481 e. The van der Waals surface area contributed by atoms with Gasteiger partial charge in [-0.15, -0.1) is 0 Å². The molecule has 4 fully saturated rings. The van der Waals surface area contributed by atoms with Crippen LogP contribution in [0, 0.1) is 62.6 Å². The van der Waals surface area contributed by atoms with Gasteiger partial charge in [-0.1, -0.05) is 53.7 Å². The molecule has 5 nitrogen and oxygen atoms in total. The number of allylic oxidation sites excluding steroid dienone is 2. The number of hydrogen-bond acceptors (Lipinski definition) is 4. The molecule has 0 aromatic heterocycles. The van der Waals surface area contributed by atoms with Crippen LogP contribution < -0.4 is 0 Å². The standard InChI is InChI=1S/C30H48O5/c1-17-9-12-30(25(34)35)14-13-28(5)19(23(30)18(17)2)7-8-22-26(3)15-20(32)24(33)27(4,16-31)21(26)10-11-29(22,28)6/h7-8,17-24,31-33H,9-16H2,1-6H3,(H,34,35)/t17-,18+,19?,20-,21-,22-,23+,24+,26+,27+,28-,29-,30+/m1/s1. The first kappa shape index (κ1) is 25.7. The molecule has 4 saturated carbocycles. The monoisotopic (exact) mass is 488 g/mol. The maximum atomic E-state index is 12.8. The Morgan fingerprint density at radius 2 is 1.63 bits per heavy atom. The van der Waals surface area contributed by atoms with E-state index in [0.717, 1.165) is 38.5 Å². The normalized spacial score (nSPS) is 59.6. The smallest absolute Gasteiger partial charge is 0.309 e. The van der Waals surface area contributed by atoms with Crippen molar-refractivity contribution >= 4 is 5.97 Å². The Balaban J connectivity index is 1.62. The van der Waals surface area contributed by atoms with Crippen LogP contribution >= 0.6 is 0 Å². The summed E-state index contributed by atoms with van der Waals surface area (Å²) in [5, 5.41) is 42.9. The Hall–Kier alpha value is -0.910. The molecule has 13 atom stereocenters. The van der Waals surface area contributed by atoms with Gasteiger partial charge in [-0.3, -0.25) is 4.79 Å². The van der Waals surface area contributed by atoms with Gasteiger partial charge in [-0.25, -0.2) is 0 Å². The van der Waals surface area contributed by atoms with Gasteiger partial charge in [0.1, 0.15) is 0 Å². The molecule has 5 aliphatic carbocycles. The van der Waals surface area contributed by atoms with Gasteiger partial charge < -0.3 is 20.4 Å². The highest BCUT2D eigenvalue weighted by Gasteiger charge is 2.71. The third-order valence-corrected chi connectivity index (χ3v) is 13.6. The fourth-order valence-electron chi connectivity index (χ4n) is 11.1. The van der Waals surface area contributed by atoms with Gasteiger partial charge in [0.05, 0.1) is 24.2 Å². The van der Waals surface area contributed by atoms with Crippen LogP contribution in [0.2, 0.25) is 0 Å². The highest BCUT2D eigenvalue weighted by atomic mass is 16.4. The van der Waals surface area contributed by atoms with Crippen molar-refractivity contribution in [2.45, 2.75) is 98.7 Å². The quantitative estimate of drug-likeness (QED) is 0.415. The van der Waals surface area contributed by atoms with Crippen molar-refractivity contribution in [3.63, 3.8) is 0 Å². The van der Waals surface area contributed by atoms with E-state index in [1.54, 1.807) is 0 Å². The number of rotatable bonds is 2. The minimum absolute atomic E-state index is 0.0219. The second kappa shape index (κ2) is 7.80. The van der Waals surface area contributed by atoms with E-state index in [-0.39, 0.29) is 46.5 Å². The van der Waals surface area contributed by atoms with Crippen LogP contribution in [0.4, 0.5) is 0 Å². The second-order valence-electron chi connectivity index (χ2n) is 14.6. The molecule has 5 aliphatic rings. The molecule has 5 rings (SSSR count). The van der Waals surface area contributed by atoms with E-state index in [0.29, 0.717) is 18.3 Å². The first-order chi connectivity index (χ1) is 16.2. The minimum atomic E-state index is -0.915. The molecule has 0 saturated heterocycles. The molecule has 4 N–H and O–H groups in total. The summed E-state index contributed by atoms with van der Waals surface area (Å²) in [6, 6.07) is 0. The van der Waals surface area contributed by atoms with Gasteiger partial charge >= 0.3 is 5.97 Å². The topological polar surface area (TPSA) is 98.0 Å². The minimum Gasteiger partial charge on any atom is -0.481 e. The molecule has 0 aliphatic heterocycles. The molecule has 1 unspecified atom stereocenters. The lowest BCUT2D eigenvalue weighted by Gasteiger charge is -2.72. The number of fused-ring (bicyclic) bond motifs is 7. The molecular weight excluding hydrogens is 440 g/mol. The molecule has 0 aromatic rings. The first-order valence-corrected chi connectivity index (χ1v) is 14.1. The Morgan fingerprint density at radius 3 is 2.26 bits per heavy atom. The number of aliphatic hydroxyl groups is 3. The summed E-state index contributed by atoms with van der Waals surface area (Å²) in [6.45, 7) is 13.6. The van der Waals surface area contributed by atoms with Crippen molar-refractivity contribution in [3.8, 4) is 0 Å². The summed E-state index contributed by atoms with van der Waals surface area (Å²) in [6.07, 6.45) is 8.94. The molecule has 0 bridgehead atoms. The van der Waals surface area contributed by atoms with Gasteiger partial charge in [0.15, 0.2) is 0 Å². The average Bonchev–Trinajstić information content (AvgIpc) is 2.80. The summed E-state index contributed by atoms with van der Waals surface area (Å²) in [5.74, 6) is 1.02. The van der Waals surface area contributed by atoms with E-state index in [9.17, 15) is 25.2 Å². The Bertz CT molecular complexity index is 916. The zero-order valence-electron chi connectivity index (χ0n) is 22.6. The lowest BCUT2D eigenvalue weighted by Crippen LogP contribution is -2.69. The molecule has 35 heavy (non-hydrogen) atoms. The van der Waals surface area contributed by atoms with Gasteiger partial charge in [0.25, 0.3) is 0 Å². The van der Waals surface area contributed by atoms with Crippen molar-refractivity contribution in [3.05, 3.63) is 12.2 Å². The van der Waals surface area contributed by atoms with Crippen molar-refractivity contribution in [1.82, 2.24) is 0 Å². The molecule has 5 heteroatoms. The lowest BCUT2D eigenvalue weighted by atomic mass is 9.32. The van der Waals surface area contributed by atoms with Crippen LogP contribution in [-0.2, 0) is 4.79 Å². The van der Waals surface area contributed by atoms with Crippen molar-refractivity contribution in [2.24, 2.45) is 62.6 Å². The fraction of sp³-hybridized carbons (Fsp3) is 0.900. The molecule has 198 valence electrons. The zero-order chi connectivity index (χ0) is 25.8. The molecule has 0 radical (unpaired) electrons. The lowest BCUT2D eigenvalue weighted by molar-refractivity contribution is -0.250. The van der Waals surface area contributed by atoms with Crippen molar-refractivity contribution in [2.75, 3.05) is 6.61 Å². The maximum absolute atomic E-state index is 12.8. The Labute approximate surface area is 211 Å². The van der Waals surface area contributed by atoms with Crippen LogP contribution in [0.5, 0.6) is 0 Å². The molecular formula is C30H48O5. The number of hydrogen-bond donors (Lipinski definition) is 4. The Morgan fingerprint density at radius 1 is 0.943 bits per heavy atom. The van der Waals surface area contributed by atoms with Crippen molar-refractivity contribution < 1.29 is 25.2 Å². The highest BCUT2D eigenvalue weighted by Crippen LogP contribution is 2.75. The number of carboxylic acid groups (broad SMARTS) is 1. The number of carbonyl (C=O) groups is 1. The molecule has 0 amide bonds. The van der Waals surface area contributed by atoms with Gasteiger partial charge in [0.2, 0.25) is 0 Å². The SMILES string of the molecule is C[C@H]1[C@H](C)CC[C@]2(C(=O)O)CC[C@]3(C)C(C=C[C@@H]4[C@@]5(C)C[C@@H](O)[C@H](O)[C@@](C)(CO)[C@@H]5CC[C@]43C)[C@H]12. The van der Waals surface area contributed by atoms with Crippen LogP contribution in [0.15, 0.2) is 12.2 Å². The summed E-state index contributed by atoms with van der Waals surface area (Å²) in [4.78, 5) is 12.8. The number of aliphatic hydroxyl groups excluding tert-OH is 3. The zero-order valence-corrected chi connectivity index (χ0v) is 22.6. The average molecular weight is 489 g/mol. The number of aliphatic carboxylic acids is 1. The molecule has 0 heterocycles. The summed E-state index contributed by atoms with van der Waals surface area (Å²) < 4.78 is 0. The predicted molar refractivity (Wildman–Crippen MR) is 135 cm³/mol. The van der Waals surface area contributed by atoms with Crippen LogP contribution in [0.25, 0.3) is 0 Å². The van der Waals surface area contributed by atoms with Crippen LogP contribution in [0.3, 0.4) is 0 Å². The predicted octanol–water partition coefficient (Wildman–Crippen LogP) is 4.89. The van der Waals surface area contributed by atoms with Crippen molar-refractivity contribution in [1.29, 1.82) is 0 Å². The van der Waals surface area contributed by atoms with Gasteiger partial charge in [-0.2, -0.15) is 0 Å². The molecule has 0 spiro atoms. The highest BCUT2D eigenvalue weighted by molar-refractivity contribution is 5.76. The van der Waals surface area contributed by atoms with E-state index >= 15 is 0 Å². The van der Waals surface area contributed by atoms with E-state index in [2.05, 4.69) is 46.8 Å². The third-order valence-electron chi connectivity index (χ3n) is 13.6. The number of carboxylic acids is 1. The summed E-state index contributed by atoms with van der Waals surface area (Å²) in [7, 11) is 0. The van der Waals surface area contributed by atoms with Crippen LogP contribution in [0.1, 0.15) is 86.5 Å². The maximum Gasteiger partial charge on any atom is 0.309 e. The van der Waals surface area contributed by atoms with E-state index in [1.807, 2.05) is 6.92 Å². The Kier molecular flexibility index (Phi) is 5.73. The first-order valence-electron chi connectivity index (χ1n) is 14.1. The fourth-order valence-corrected chi connectivity index (χ4v) is 11.1. The summed E-state index contributed by atoms with van der Waals surface area (Å²) in [5.41, 5.74) is -1.63. The second-order valence-corrected chi connectivity index (χ2v) is 14.6. The van der Waals surface area contributed by atoms with E-state index in [1.165, 1.54) is 0 Å². The van der Waals surface area contributed by atoms with Gasteiger partial charge in [0, 0.05) is 5.41 Å². The van der Waals surface area contributed by atoms with Crippen LogP contribution in [-0.4, -0.2) is 45.2 Å². The summed E-state index contributed by atoms with van der Waals surface area (Å²) >= 11 is 0. The van der Waals surface area contributed by atoms with E-state index < -0.39 is 29.0 Å². The van der Waals surface area contributed by atoms with E-state index in [4.69, 9.17) is 0 Å². The van der Waals surface area contributed by atoms with Gasteiger partial charge in [-0.05, 0) is 96.7 Å². The molecule has 0 aromatic carbocycles. The third kappa shape index (κ3) is 2.95.